The maximum atomic E-state index is 10.6. The summed E-state index contributed by atoms with van der Waals surface area (Å²) in [6.07, 6.45) is 1.40. The number of hydrogen-bond acceptors (Lipinski definition) is 4. The van der Waals surface area contributed by atoms with E-state index in [9.17, 15) is 5.11 Å². The molecular formula is C32H35NO3. The summed E-state index contributed by atoms with van der Waals surface area (Å²) in [6, 6.07) is 36.6. The van der Waals surface area contributed by atoms with Crippen molar-refractivity contribution < 1.29 is 14.6 Å². The van der Waals surface area contributed by atoms with Crippen LogP contribution in [0.4, 0.5) is 0 Å². The molecule has 0 spiro atoms. The molecule has 186 valence electrons. The molecule has 2 unspecified atom stereocenters. The van der Waals surface area contributed by atoms with Crippen LogP contribution in [-0.2, 0) is 19.6 Å². The number of benzene rings is 4. The quantitative estimate of drug-likeness (QED) is 0.229. The van der Waals surface area contributed by atoms with E-state index in [0.29, 0.717) is 25.8 Å². The van der Waals surface area contributed by atoms with Crippen molar-refractivity contribution in [1.82, 2.24) is 5.32 Å². The van der Waals surface area contributed by atoms with E-state index in [1.165, 1.54) is 5.56 Å². The van der Waals surface area contributed by atoms with E-state index in [0.717, 1.165) is 41.0 Å². The third kappa shape index (κ3) is 8.26. The Labute approximate surface area is 214 Å². The molecule has 0 fully saturated rings. The maximum absolute atomic E-state index is 10.6. The van der Waals surface area contributed by atoms with Crippen molar-refractivity contribution in [2.45, 2.75) is 45.1 Å². The normalized spacial score (nSPS) is 12.6. The molecule has 0 amide bonds. The van der Waals surface area contributed by atoms with Crippen LogP contribution in [0.5, 0.6) is 11.5 Å². The summed E-state index contributed by atoms with van der Waals surface area (Å²) in [5, 5.41) is 14.1. The first-order chi connectivity index (χ1) is 17.7. The van der Waals surface area contributed by atoms with E-state index >= 15 is 0 Å². The first-order valence-electron chi connectivity index (χ1n) is 12.6. The SMILES string of the molecule is CC(CCc1ccc(OCc2ccccc2)cc1)NCC(O)c1ccc(OCc2ccccc2)cc1. The molecule has 2 N–H and O–H groups in total. The number of hydrogen-bond donors (Lipinski definition) is 2. The highest BCUT2D eigenvalue weighted by Gasteiger charge is 2.10. The summed E-state index contributed by atoms with van der Waals surface area (Å²) in [5.41, 5.74) is 4.46. The third-order valence-electron chi connectivity index (χ3n) is 6.21. The van der Waals surface area contributed by atoms with E-state index in [-0.39, 0.29) is 0 Å². The zero-order valence-electron chi connectivity index (χ0n) is 20.8. The van der Waals surface area contributed by atoms with Crippen LogP contribution >= 0.6 is 0 Å². The largest absolute Gasteiger partial charge is 0.489 e. The van der Waals surface area contributed by atoms with Gasteiger partial charge in [-0.2, -0.15) is 0 Å². The van der Waals surface area contributed by atoms with Crippen LogP contribution in [0.2, 0.25) is 0 Å². The summed E-state index contributed by atoms with van der Waals surface area (Å²) < 4.78 is 11.7. The molecule has 0 radical (unpaired) electrons. The molecule has 4 rings (SSSR count). The standard InChI is InChI=1S/C32H35NO3/c1-25(12-13-26-14-18-30(19-15-26)35-23-27-8-4-2-5-9-27)33-22-32(34)29-16-20-31(21-17-29)36-24-28-10-6-3-7-11-28/h2-11,14-21,25,32-34H,12-13,22-24H2,1H3. The Kier molecular flexibility index (Phi) is 9.54. The monoisotopic (exact) mass is 481 g/mol. The number of aliphatic hydroxyl groups excluding tert-OH is 1. The Morgan fingerprint density at radius 3 is 1.67 bits per heavy atom. The average Bonchev–Trinajstić information content (AvgIpc) is 2.94. The lowest BCUT2D eigenvalue weighted by Gasteiger charge is -2.18. The van der Waals surface area contributed by atoms with Crippen LogP contribution in [0.1, 0.15) is 41.7 Å². The summed E-state index contributed by atoms with van der Waals surface area (Å²) >= 11 is 0. The van der Waals surface area contributed by atoms with Crippen molar-refractivity contribution in [3.05, 3.63) is 131 Å². The highest BCUT2D eigenvalue weighted by Crippen LogP contribution is 2.19. The van der Waals surface area contributed by atoms with Crippen molar-refractivity contribution in [2.24, 2.45) is 0 Å². The lowest BCUT2D eigenvalue weighted by Crippen LogP contribution is -2.30. The van der Waals surface area contributed by atoms with Gasteiger partial charge in [-0.25, -0.2) is 0 Å². The number of aliphatic hydroxyl groups is 1. The zero-order chi connectivity index (χ0) is 25.0. The molecule has 0 saturated carbocycles. The van der Waals surface area contributed by atoms with Crippen molar-refractivity contribution >= 4 is 0 Å². The van der Waals surface area contributed by atoms with Gasteiger partial charge in [0.05, 0.1) is 6.10 Å². The summed E-state index contributed by atoms with van der Waals surface area (Å²) in [5.74, 6) is 1.68. The average molecular weight is 482 g/mol. The fourth-order valence-electron chi connectivity index (χ4n) is 3.94. The molecule has 0 saturated heterocycles. The van der Waals surface area contributed by atoms with E-state index in [1.807, 2.05) is 84.9 Å². The molecule has 4 aromatic carbocycles. The van der Waals surface area contributed by atoms with Crippen molar-refractivity contribution in [2.75, 3.05) is 6.54 Å². The summed E-state index contributed by atoms with van der Waals surface area (Å²) in [4.78, 5) is 0. The van der Waals surface area contributed by atoms with Crippen LogP contribution in [0, 0.1) is 0 Å². The topological polar surface area (TPSA) is 50.7 Å². The minimum Gasteiger partial charge on any atom is -0.489 e. The molecule has 0 aliphatic carbocycles. The van der Waals surface area contributed by atoms with E-state index in [2.05, 4.69) is 36.5 Å². The zero-order valence-corrected chi connectivity index (χ0v) is 20.8. The van der Waals surface area contributed by atoms with Gasteiger partial charge in [0, 0.05) is 12.6 Å². The second-order valence-electron chi connectivity index (χ2n) is 9.13. The van der Waals surface area contributed by atoms with Gasteiger partial charge in [-0.3, -0.25) is 0 Å². The minimum absolute atomic E-state index is 0.294. The molecule has 0 aliphatic rings. The van der Waals surface area contributed by atoms with Crippen molar-refractivity contribution in [3.8, 4) is 11.5 Å². The lowest BCUT2D eigenvalue weighted by atomic mass is 10.1. The molecule has 0 heterocycles. The fraction of sp³-hybridized carbons (Fsp3) is 0.250. The number of ether oxygens (including phenoxy) is 2. The molecule has 36 heavy (non-hydrogen) atoms. The van der Waals surface area contributed by atoms with E-state index < -0.39 is 6.10 Å². The Hall–Kier alpha value is -3.60. The first kappa shape index (κ1) is 25.5. The highest BCUT2D eigenvalue weighted by molar-refractivity contribution is 5.30. The van der Waals surface area contributed by atoms with Gasteiger partial charge in [-0.1, -0.05) is 84.9 Å². The van der Waals surface area contributed by atoms with Crippen LogP contribution in [0.15, 0.2) is 109 Å². The van der Waals surface area contributed by atoms with Crippen molar-refractivity contribution in [1.29, 1.82) is 0 Å². The number of nitrogens with one attached hydrogen (secondary N) is 1. The molecule has 0 aliphatic heterocycles. The van der Waals surface area contributed by atoms with Gasteiger partial charge in [0.15, 0.2) is 0 Å². The molecule has 4 heteroatoms. The van der Waals surface area contributed by atoms with Gasteiger partial charge in [0.2, 0.25) is 0 Å². The van der Waals surface area contributed by atoms with Gasteiger partial charge in [0.1, 0.15) is 24.7 Å². The molecule has 0 bridgehead atoms. The van der Waals surface area contributed by atoms with Crippen LogP contribution < -0.4 is 14.8 Å². The van der Waals surface area contributed by atoms with Crippen LogP contribution in [-0.4, -0.2) is 17.7 Å². The Morgan fingerprint density at radius 1 is 0.639 bits per heavy atom. The molecule has 2 atom stereocenters. The second kappa shape index (κ2) is 13.5. The lowest BCUT2D eigenvalue weighted by molar-refractivity contribution is 0.170. The van der Waals surface area contributed by atoms with Gasteiger partial charge >= 0.3 is 0 Å². The van der Waals surface area contributed by atoms with Gasteiger partial charge in [0.25, 0.3) is 0 Å². The molecule has 0 aromatic heterocycles. The summed E-state index contributed by atoms with van der Waals surface area (Å²) in [7, 11) is 0. The predicted molar refractivity (Wildman–Crippen MR) is 145 cm³/mol. The van der Waals surface area contributed by atoms with Crippen LogP contribution in [0.3, 0.4) is 0 Å². The molecule has 4 aromatic rings. The Balaban J connectivity index is 1.14. The highest BCUT2D eigenvalue weighted by atomic mass is 16.5. The number of rotatable bonds is 13. The van der Waals surface area contributed by atoms with Gasteiger partial charge < -0.3 is 19.9 Å². The predicted octanol–water partition coefficient (Wildman–Crippen LogP) is 6.49. The smallest absolute Gasteiger partial charge is 0.119 e. The fourth-order valence-corrected chi connectivity index (χ4v) is 3.94. The van der Waals surface area contributed by atoms with Crippen molar-refractivity contribution in [3.63, 3.8) is 0 Å². The van der Waals surface area contributed by atoms with Gasteiger partial charge in [-0.15, -0.1) is 0 Å². The Morgan fingerprint density at radius 2 is 1.14 bits per heavy atom. The van der Waals surface area contributed by atoms with E-state index in [4.69, 9.17) is 9.47 Å². The summed E-state index contributed by atoms with van der Waals surface area (Å²) in [6.45, 7) is 3.78. The second-order valence-corrected chi connectivity index (χ2v) is 9.13. The minimum atomic E-state index is -0.559. The van der Waals surface area contributed by atoms with E-state index in [1.54, 1.807) is 0 Å². The molecule has 4 nitrogen and oxygen atoms in total. The van der Waals surface area contributed by atoms with Gasteiger partial charge in [-0.05, 0) is 66.3 Å². The third-order valence-corrected chi connectivity index (χ3v) is 6.21. The number of aryl methyl sites for hydroxylation is 1. The first-order valence-corrected chi connectivity index (χ1v) is 12.6. The molecular weight excluding hydrogens is 446 g/mol. The van der Waals surface area contributed by atoms with Crippen LogP contribution in [0.25, 0.3) is 0 Å². The maximum Gasteiger partial charge on any atom is 0.119 e. The Bertz CT molecular complexity index is 1150.